The number of hydrogen-bond acceptors (Lipinski definition) is 3. The Labute approximate surface area is 87.0 Å². The molecule has 1 aliphatic heterocycles. The molecule has 78 valence electrons. The summed E-state index contributed by atoms with van der Waals surface area (Å²) in [4.78, 5) is 4.08. The standard InChI is InChI=1S/C9H9N3O2S/c10-15(13,14)12-6-5-11-9-4-2-1-3-8(9)7-12/h1-7H,(H2,10,13,14). The molecule has 0 atom stereocenters. The van der Waals surface area contributed by atoms with Gasteiger partial charge >= 0.3 is 10.2 Å². The number of nitrogens with two attached hydrogens (primary N) is 1. The van der Waals surface area contributed by atoms with Crippen LogP contribution in [0.4, 0.5) is 0 Å². The summed E-state index contributed by atoms with van der Waals surface area (Å²) in [5, 5.41) is 6.42. The molecule has 0 amide bonds. The van der Waals surface area contributed by atoms with E-state index in [9.17, 15) is 8.42 Å². The highest BCUT2D eigenvalue weighted by Crippen LogP contribution is 1.98. The van der Waals surface area contributed by atoms with E-state index in [4.69, 9.17) is 5.14 Å². The molecule has 1 aromatic rings. The van der Waals surface area contributed by atoms with E-state index in [0.717, 1.165) is 4.31 Å². The molecule has 15 heavy (non-hydrogen) atoms. The second kappa shape index (κ2) is 3.48. The van der Waals surface area contributed by atoms with E-state index in [0.29, 0.717) is 10.6 Å². The second-order valence-electron chi connectivity index (χ2n) is 2.99. The highest BCUT2D eigenvalue weighted by molar-refractivity contribution is 7.87. The molecular formula is C9H9N3O2S. The van der Waals surface area contributed by atoms with E-state index in [-0.39, 0.29) is 0 Å². The molecule has 0 aromatic heterocycles. The van der Waals surface area contributed by atoms with E-state index >= 15 is 0 Å². The minimum absolute atomic E-state index is 0.705. The van der Waals surface area contributed by atoms with Crippen LogP contribution in [-0.2, 0) is 10.2 Å². The summed E-state index contributed by atoms with van der Waals surface area (Å²) in [6.07, 6.45) is 4.12. The van der Waals surface area contributed by atoms with Gasteiger partial charge in [-0.25, -0.2) is 9.44 Å². The summed E-state index contributed by atoms with van der Waals surface area (Å²) >= 11 is 0. The zero-order chi connectivity index (χ0) is 10.9. The summed E-state index contributed by atoms with van der Waals surface area (Å²) in [5.74, 6) is 0. The monoisotopic (exact) mass is 223 g/mol. The normalized spacial score (nSPS) is 14.9. The Hall–Kier alpha value is -1.66. The fourth-order valence-electron chi connectivity index (χ4n) is 1.23. The third-order valence-corrected chi connectivity index (χ3v) is 2.74. The van der Waals surface area contributed by atoms with Crippen LogP contribution in [0.1, 0.15) is 0 Å². The highest BCUT2D eigenvalue weighted by Gasteiger charge is 2.10. The van der Waals surface area contributed by atoms with E-state index in [2.05, 4.69) is 4.99 Å². The average molecular weight is 223 g/mol. The smallest absolute Gasteiger partial charge is 0.255 e. The summed E-state index contributed by atoms with van der Waals surface area (Å²) in [6, 6.07) is 7.20. The lowest BCUT2D eigenvalue weighted by Gasteiger charge is -2.09. The number of rotatable bonds is 1. The van der Waals surface area contributed by atoms with Crippen molar-refractivity contribution in [2.75, 3.05) is 0 Å². The van der Waals surface area contributed by atoms with Crippen molar-refractivity contribution in [2.45, 2.75) is 0 Å². The number of hydrogen-bond donors (Lipinski definition) is 1. The molecule has 6 heteroatoms. The van der Waals surface area contributed by atoms with Crippen molar-refractivity contribution < 1.29 is 8.42 Å². The van der Waals surface area contributed by atoms with Gasteiger partial charge in [0.2, 0.25) is 0 Å². The Morgan fingerprint density at radius 3 is 2.73 bits per heavy atom. The number of para-hydroxylation sites is 1. The Morgan fingerprint density at radius 2 is 2.00 bits per heavy atom. The first-order valence-corrected chi connectivity index (χ1v) is 5.70. The van der Waals surface area contributed by atoms with Gasteiger partial charge < -0.3 is 0 Å². The van der Waals surface area contributed by atoms with Crippen LogP contribution in [0.25, 0.3) is 6.20 Å². The minimum Gasteiger partial charge on any atom is -0.255 e. The van der Waals surface area contributed by atoms with Gasteiger partial charge in [-0.2, -0.15) is 8.42 Å². The first-order valence-electron chi connectivity index (χ1n) is 4.20. The molecule has 0 spiro atoms. The predicted molar refractivity (Wildman–Crippen MR) is 55.8 cm³/mol. The Kier molecular flexibility index (Phi) is 2.29. The fourth-order valence-corrected chi connectivity index (χ4v) is 1.72. The molecule has 0 aliphatic carbocycles. The molecule has 2 rings (SSSR count). The van der Waals surface area contributed by atoms with Gasteiger partial charge in [0.1, 0.15) is 0 Å². The molecule has 0 fully saturated rings. The van der Waals surface area contributed by atoms with Gasteiger partial charge in [-0.3, -0.25) is 4.99 Å². The quantitative estimate of drug-likeness (QED) is 0.665. The summed E-state index contributed by atoms with van der Waals surface area (Å²) in [7, 11) is -3.76. The maximum Gasteiger partial charge on any atom is 0.302 e. The predicted octanol–water partition coefficient (Wildman–Crippen LogP) is -0.965. The maximum absolute atomic E-state index is 11.1. The van der Waals surface area contributed by atoms with Crippen LogP contribution in [0.2, 0.25) is 0 Å². The zero-order valence-electron chi connectivity index (χ0n) is 7.74. The summed E-state index contributed by atoms with van der Waals surface area (Å²) in [6.45, 7) is 0. The van der Waals surface area contributed by atoms with E-state index in [1.165, 1.54) is 18.6 Å². The van der Waals surface area contributed by atoms with Crippen LogP contribution in [0.3, 0.4) is 0 Å². The van der Waals surface area contributed by atoms with Crippen LogP contribution in [-0.4, -0.2) is 12.7 Å². The Morgan fingerprint density at radius 1 is 1.27 bits per heavy atom. The van der Waals surface area contributed by atoms with Crippen molar-refractivity contribution in [3.05, 3.63) is 47.2 Å². The second-order valence-corrected chi connectivity index (χ2v) is 4.44. The van der Waals surface area contributed by atoms with Crippen LogP contribution in [0, 0.1) is 0 Å². The lowest BCUT2D eigenvalue weighted by molar-refractivity contribution is 0.563. The van der Waals surface area contributed by atoms with Gasteiger partial charge in [0.25, 0.3) is 0 Å². The van der Waals surface area contributed by atoms with E-state index in [1.807, 2.05) is 6.07 Å². The third-order valence-electron chi connectivity index (χ3n) is 1.92. The van der Waals surface area contributed by atoms with Crippen molar-refractivity contribution in [3.63, 3.8) is 0 Å². The molecule has 2 N–H and O–H groups in total. The summed E-state index contributed by atoms with van der Waals surface area (Å²) < 4.78 is 23.2. The van der Waals surface area contributed by atoms with Gasteiger partial charge in [-0.05, 0) is 6.07 Å². The van der Waals surface area contributed by atoms with Crippen molar-refractivity contribution in [2.24, 2.45) is 10.1 Å². The lowest BCUT2D eigenvalue weighted by Crippen LogP contribution is -2.32. The van der Waals surface area contributed by atoms with Gasteiger partial charge in [0.15, 0.2) is 0 Å². The van der Waals surface area contributed by atoms with Crippen LogP contribution in [0.15, 0.2) is 41.7 Å². The molecular weight excluding hydrogens is 214 g/mol. The Bertz CT molecular complexity index is 619. The molecule has 0 saturated carbocycles. The van der Waals surface area contributed by atoms with Gasteiger partial charge in [-0.15, -0.1) is 0 Å². The molecule has 1 aromatic carbocycles. The van der Waals surface area contributed by atoms with Crippen LogP contribution >= 0.6 is 0 Å². The van der Waals surface area contributed by atoms with Gasteiger partial charge in [-0.1, -0.05) is 18.2 Å². The molecule has 0 bridgehead atoms. The minimum atomic E-state index is -3.76. The molecule has 0 saturated heterocycles. The van der Waals surface area contributed by atoms with Crippen LogP contribution < -0.4 is 15.7 Å². The third kappa shape index (κ3) is 2.05. The highest BCUT2D eigenvalue weighted by atomic mass is 32.2. The molecule has 1 aliphatic rings. The lowest BCUT2D eigenvalue weighted by atomic mass is 10.3. The largest absolute Gasteiger partial charge is 0.302 e. The van der Waals surface area contributed by atoms with Crippen LogP contribution in [0.5, 0.6) is 0 Å². The fraction of sp³-hybridized carbons (Fsp3) is 0. The zero-order valence-corrected chi connectivity index (χ0v) is 8.55. The molecule has 1 heterocycles. The summed E-state index contributed by atoms with van der Waals surface area (Å²) in [5.41, 5.74) is 0. The maximum atomic E-state index is 11.1. The number of fused-ring (bicyclic) bond motifs is 1. The number of benzene rings is 1. The first kappa shape index (κ1) is 9.88. The molecule has 0 unspecified atom stereocenters. The van der Waals surface area contributed by atoms with Gasteiger partial charge in [0.05, 0.1) is 5.36 Å². The topological polar surface area (TPSA) is 75.8 Å². The van der Waals surface area contributed by atoms with Crippen molar-refractivity contribution in [3.8, 4) is 0 Å². The van der Waals surface area contributed by atoms with Crippen molar-refractivity contribution >= 4 is 16.4 Å². The molecule has 0 radical (unpaired) electrons. The molecule has 5 nitrogen and oxygen atoms in total. The first-order chi connectivity index (χ1) is 7.07. The SMILES string of the molecule is NS(=O)(=O)N1C=CN=c2ccccc2=C1. The van der Waals surface area contributed by atoms with E-state index in [1.54, 1.807) is 18.2 Å². The Balaban J connectivity index is 2.68. The van der Waals surface area contributed by atoms with Crippen molar-refractivity contribution in [1.29, 1.82) is 0 Å². The average Bonchev–Trinajstić information content (AvgIpc) is 2.38. The number of nitrogens with zero attached hydrogens (tertiary/aromatic N) is 2. The van der Waals surface area contributed by atoms with Crippen molar-refractivity contribution in [1.82, 2.24) is 4.31 Å². The van der Waals surface area contributed by atoms with E-state index < -0.39 is 10.2 Å². The van der Waals surface area contributed by atoms with Gasteiger partial charge in [0, 0.05) is 23.8 Å².